The van der Waals surface area contributed by atoms with E-state index in [0.717, 1.165) is 13.1 Å². The summed E-state index contributed by atoms with van der Waals surface area (Å²) in [6.45, 7) is 4.57. The van der Waals surface area contributed by atoms with E-state index >= 15 is 0 Å². The first-order valence-corrected chi connectivity index (χ1v) is 11.5. The average Bonchev–Trinajstić information content (AvgIpc) is 3.31. The molecule has 0 radical (unpaired) electrons. The fourth-order valence-corrected chi connectivity index (χ4v) is 4.03. The standard InChI is InChI=1S/C24H20F4N8O2/c1-12(2)36-11-14(8-30-36)38-15-9-35(10-15)23-32-18(16-5-4-13(7-29)6-17(16)25)19-20(33-23)21(37)34(3)22(31-19)24(26,27)28/h4-6,8,11-12,15H,9-10H2,1-3H3. The van der Waals surface area contributed by atoms with Crippen molar-refractivity contribution in [2.45, 2.75) is 32.2 Å². The number of alkyl halides is 3. The smallest absolute Gasteiger partial charge is 0.449 e. The zero-order chi connectivity index (χ0) is 27.4. The van der Waals surface area contributed by atoms with Gasteiger partial charge < -0.3 is 9.64 Å². The average molecular weight is 528 g/mol. The molecule has 0 atom stereocenters. The molecule has 3 aromatic heterocycles. The first kappa shape index (κ1) is 25.1. The van der Waals surface area contributed by atoms with Crippen LogP contribution in [0.2, 0.25) is 0 Å². The monoisotopic (exact) mass is 528 g/mol. The van der Waals surface area contributed by atoms with Gasteiger partial charge in [-0.1, -0.05) is 0 Å². The van der Waals surface area contributed by atoms with E-state index in [2.05, 4.69) is 20.1 Å². The van der Waals surface area contributed by atoms with Crippen LogP contribution in [-0.2, 0) is 13.2 Å². The van der Waals surface area contributed by atoms with Crippen LogP contribution in [0.1, 0.15) is 31.3 Å². The third kappa shape index (κ3) is 4.40. The second kappa shape index (κ2) is 9.09. The number of nitriles is 1. The highest BCUT2D eigenvalue weighted by atomic mass is 19.4. The van der Waals surface area contributed by atoms with Crippen molar-refractivity contribution in [3.05, 3.63) is 58.2 Å². The summed E-state index contributed by atoms with van der Waals surface area (Å²) in [7, 11) is 0.937. The topological polar surface area (TPSA) is 115 Å². The Morgan fingerprint density at radius 3 is 2.50 bits per heavy atom. The van der Waals surface area contributed by atoms with Gasteiger partial charge in [0.2, 0.25) is 11.8 Å². The number of hydrogen-bond acceptors (Lipinski definition) is 8. The minimum atomic E-state index is -4.95. The Bertz CT molecular complexity index is 1650. The van der Waals surface area contributed by atoms with Crippen LogP contribution >= 0.6 is 0 Å². The Morgan fingerprint density at radius 1 is 1.16 bits per heavy atom. The molecule has 0 N–H and O–H groups in total. The van der Waals surface area contributed by atoms with Crippen LogP contribution in [0.25, 0.3) is 22.3 Å². The lowest BCUT2D eigenvalue weighted by Gasteiger charge is -2.38. The number of hydrogen-bond donors (Lipinski definition) is 0. The molecule has 14 heteroatoms. The zero-order valence-corrected chi connectivity index (χ0v) is 20.4. The number of aromatic nitrogens is 6. The summed E-state index contributed by atoms with van der Waals surface area (Å²) in [4.78, 5) is 26.7. The first-order valence-electron chi connectivity index (χ1n) is 11.5. The van der Waals surface area contributed by atoms with Crippen molar-refractivity contribution in [3.8, 4) is 23.1 Å². The summed E-state index contributed by atoms with van der Waals surface area (Å²) in [6, 6.07) is 5.38. The quantitative estimate of drug-likeness (QED) is 0.362. The maximum Gasteiger partial charge on any atom is 0.449 e. The summed E-state index contributed by atoms with van der Waals surface area (Å²) in [5, 5.41) is 13.3. The predicted octanol–water partition coefficient (Wildman–Crippen LogP) is 3.47. The van der Waals surface area contributed by atoms with Crippen molar-refractivity contribution in [2.24, 2.45) is 7.05 Å². The van der Waals surface area contributed by atoms with Gasteiger partial charge in [-0.2, -0.15) is 23.5 Å². The van der Waals surface area contributed by atoms with Gasteiger partial charge in [0.25, 0.3) is 5.56 Å². The van der Waals surface area contributed by atoms with Crippen LogP contribution in [0.15, 0.2) is 35.4 Å². The molecule has 1 saturated heterocycles. The number of benzene rings is 1. The third-order valence-electron chi connectivity index (χ3n) is 6.06. The van der Waals surface area contributed by atoms with Gasteiger partial charge in [0.1, 0.15) is 23.1 Å². The molecule has 38 heavy (non-hydrogen) atoms. The van der Waals surface area contributed by atoms with Gasteiger partial charge in [-0.05, 0) is 32.0 Å². The SMILES string of the molecule is CC(C)n1cc(OC2CN(c3nc(-c4ccc(C#N)cc4F)c4nc(C(F)(F)F)n(C)c(=O)c4n3)C2)cn1. The van der Waals surface area contributed by atoms with Crippen molar-refractivity contribution in [3.63, 3.8) is 0 Å². The van der Waals surface area contributed by atoms with E-state index in [1.165, 1.54) is 12.1 Å². The Kier molecular flexibility index (Phi) is 6.01. The normalized spacial score (nSPS) is 14.1. The van der Waals surface area contributed by atoms with Crippen LogP contribution < -0.4 is 15.2 Å². The molecule has 0 bridgehead atoms. The van der Waals surface area contributed by atoms with Crippen LogP contribution in [0.5, 0.6) is 5.75 Å². The summed E-state index contributed by atoms with van der Waals surface area (Å²) in [5.74, 6) is -1.80. The molecule has 4 heterocycles. The number of anilines is 1. The lowest BCUT2D eigenvalue weighted by molar-refractivity contribution is -0.147. The molecule has 1 fully saturated rings. The van der Waals surface area contributed by atoms with Gasteiger partial charge in [0.05, 0.1) is 37.1 Å². The molecule has 0 amide bonds. The minimum Gasteiger partial charge on any atom is -0.483 e. The lowest BCUT2D eigenvalue weighted by atomic mass is 10.1. The summed E-state index contributed by atoms with van der Waals surface area (Å²) in [6.07, 6.45) is -1.86. The molecule has 1 aromatic carbocycles. The maximum atomic E-state index is 15.0. The summed E-state index contributed by atoms with van der Waals surface area (Å²) in [5.41, 5.74) is -2.46. The minimum absolute atomic E-state index is 0.00708. The molecule has 0 spiro atoms. The van der Waals surface area contributed by atoms with Crippen molar-refractivity contribution in [1.82, 2.24) is 29.3 Å². The van der Waals surface area contributed by atoms with Crippen molar-refractivity contribution in [1.29, 1.82) is 5.26 Å². The number of rotatable bonds is 5. The third-order valence-corrected chi connectivity index (χ3v) is 6.06. The fourth-order valence-electron chi connectivity index (χ4n) is 4.03. The molecule has 4 aromatic rings. The molecule has 5 rings (SSSR count). The van der Waals surface area contributed by atoms with E-state index in [-0.39, 0.29) is 34.9 Å². The second-order valence-electron chi connectivity index (χ2n) is 9.07. The summed E-state index contributed by atoms with van der Waals surface area (Å²) < 4.78 is 63.8. The number of ether oxygens (including phenoxy) is 1. The van der Waals surface area contributed by atoms with Crippen LogP contribution in [0.3, 0.4) is 0 Å². The molecule has 196 valence electrons. The molecule has 0 aliphatic carbocycles. The molecule has 1 aliphatic heterocycles. The second-order valence-corrected chi connectivity index (χ2v) is 9.07. The Morgan fingerprint density at radius 2 is 1.89 bits per heavy atom. The molecular weight excluding hydrogens is 508 g/mol. The maximum absolute atomic E-state index is 15.0. The van der Waals surface area contributed by atoms with Crippen LogP contribution in [-0.4, -0.2) is 48.5 Å². The first-order chi connectivity index (χ1) is 18.0. The molecule has 0 unspecified atom stereocenters. The van der Waals surface area contributed by atoms with E-state index in [1.807, 2.05) is 13.8 Å². The van der Waals surface area contributed by atoms with Crippen molar-refractivity contribution < 1.29 is 22.3 Å². The molecule has 10 nitrogen and oxygen atoms in total. The fraction of sp³-hybridized carbons (Fsp3) is 0.333. The van der Waals surface area contributed by atoms with Gasteiger partial charge in [0, 0.05) is 18.7 Å². The van der Waals surface area contributed by atoms with Crippen molar-refractivity contribution in [2.75, 3.05) is 18.0 Å². The zero-order valence-electron chi connectivity index (χ0n) is 20.4. The van der Waals surface area contributed by atoms with E-state index in [0.29, 0.717) is 23.4 Å². The van der Waals surface area contributed by atoms with Crippen LogP contribution in [0.4, 0.5) is 23.5 Å². The number of halogens is 4. The highest BCUT2D eigenvalue weighted by Crippen LogP contribution is 2.33. The van der Waals surface area contributed by atoms with Gasteiger partial charge in [-0.15, -0.1) is 0 Å². The van der Waals surface area contributed by atoms with Crippen LogP contribution in [0, 0.1) is 17.1 Å². The largest absolute Gasteiger partial charge is 0.483 e. The number of nitrogens with zero attached hydrogens (tertiary/aromatic N) is 8. The predicted molar refractivity (Wildman–Crippen MR) is 127 cm³/mol. The van der Waals surface area contributed by atoms with Gasteiger partial charge in [0.15, 0.2) is 11.3 Å². The molecular formula is C24H20F4N8O2. The Balaban J connectivity index is 1.56. The number of fused-ring (bicyclic) bond motifs is 1. The van der Waals surface area contributed by atoms with Gasteiger partial charge in [-0.3, -0.25) is 14.0 Å². The van der Waals surface area contributed by atoms with Gasteiger partial charge >= 0.3 is 6.18 Å². The van der Waals surface area contributed by atoms with E-state index < -0.39 is 34.4 Å². The lowest BCUT2D eigenvalue weighted by Crippen LogP contribution is -2.54. The summed E-state index contributed by atoms with van der Waals surface area (Å²) >= 11 is 0. The Hall–Kier alpha value is -4.54. The highest BCUT2D eigenvalue weighted by Gasteiger charge is 2.38. The van der Waals surface area contributed by atoms with Gasteiger partial charge in [-0.25, -0.2) is 19.3 Å². The highest BCUT2D eigenvalue weighted by molar-refractivity contribution is 5.90. The van der Waals surface area contributed by atoms with Crippen molar-refractivity contribution >= 4 is 17.0 Å². The van der Waals surface area contributed by atoms with E-state index in [4.69, 9.17) is 10.00 Å². The molecule has 1 aliphatic rings. The van der Waals surface area contributed by atoms with E-state index in [9.17, 15) is 22.4 Å². The molecule has 0 saturated carbocycles. The Labute approximate surface area is 212 Å². The van der Waals surface area contributed by atoms with E-state index in [1.54, 1.807) is 28.0 Å².